The van der Waals surface area contributed by atoms with Crippen molar-refractivity contribution in [3.05, 3.63) is 199 Å². The lowest BCUT2D eigenvalue weighted by atomic mass is 9.74. The van der Waals surface area contributed by atoms with Crippen LogP contribution >= 0.6 is 46.4 Å². The molecule has 5 aliphatic carbocycles. The molecule has 5 saturated carbocycles. The Kier molecular flexibility index (Phi) is 30.8. The van der Waals surface area contributed by atoms with Crippen LogP contribution in [0.2, 0.25) is 20.1 Å². The summed E-state index contributed by atoms with van der Waals surface area (Å²) >= 11 is 24.8. The second-order valence-electron chi connectivity index (χ2n) is 41.8. The van der Waals surface area contributed by atoms with Crippen molar-refractivity contribution < 1.29 is 39.5 Å². The van der Waals surface area contributed by atoms with Crippen LogP contribution in [0.15, 0.2) is 151 Å². The van der Waals surface area contributed by atoms with Crippen LogP contribution in [-0.2, 0) is 35.2 Å². The summed E-state index contributed by atoms with van der Waals surface area (Å²) in [7, 11) is 8.30. The third kappa shape index (κ3) is 20.2. The van der Waals surface area contributed by atoms with Gasteiger partial charge < -0.3 is 81.8 Å². The maximum absolute atomic E-state index is 14.4. The summed E-state index contributed by atoms with van der Waals surface area (Å²) in [5.41, 5.74) is 62.8. The van der Waals surface area contributed by atoms with Gasteiger partial charge in [0, 0.05) is 142 Å². The number of nitrogens with two attached hydrogens (primary N) is 10. The molecular formula is C103H128Cl4F9N25O5. The number of hydrogen-bond donors (Lipinski definition) is 10. The zero-order chi connectivity index (χ0) is 105. The fourth-order valence-corrected chi connectivity index (χ4v) is 25.4. The van der Waals surface area contributed by atoms with Gasteiger partial charge in [-0.05, 0) is 171 Å². The number of rotatable bonds is 10. The van der Waals surface area contributed by atoms with Gasteiger partial charge in [-0.2, -0.15) is 38.1 Å². The zero-order valence-electron chi connectivity index (χ0n) is 82.6. The Balaban J connectivity index is 0.000000131. The fourth-order valence-electron chi connectivity index (χ4n) is 24.6. The first-order valence-electron chi connectivity index (χ1n) is 49.4. The van der Waals surface area contributed by atoms with Crippen molar-refractivity contribution in [1.82, 2.24) is 47.8 Å². The highest BCUT2D eigenvalue weighted by atomic mass is 35.5. The number of nitrogens with zero attached hydrogens (tertiary/aromatic N) is 15. The third-order valence-electron chi connectivity index (χ3n) is 33.5. The third-order valence-corrected chi connectivity index (χ3v) is 35.1. The Hall–Kier alpha value is -11.2. The van der Waals surface area contributed by atoms with E-state index in [0.717, 1.165) is 36.8 Å². The molecule has 20 rings (SSSR count). The quantitative estimate of drug-likeness (QED) is 0.0568. The highest BCUT2D eigenvalue weighted by Crippen LogP contribution is 2.59. The van der Waals surface area contributed by atoms with Crippen LogP contribution in [0.1, 0.15) is 129 Å². The van der Waals surface area contributed by atoms with Crippen LogP contribution < -0.4 is 110 Å². The Morgan fingerprint density at radius 2 is 0.555 bits per heavy atom. The molecule has 0 bridgehead atoms. The van der Waals surface area contributed by atoms with E-state index < -0.39 is 82.5 Å². The normalized spacial score (nSPS) is 24.4. The van der Waals surface area contributed by atoms with Crippen LogP contribution in [0.5, 0.6) is 0 Å². The molecule has 5 aromatic carbocycles. The number of hydrogen-bond acceptors (Lipinski definition) is 25. The van der Waals surface area contributed by atoms with Crippen LogP contribution in [-0.4, -0.2) is 174 Å². The first-order chi connectivity index (χ1) is 68.9. The molecule has 10 aromatic rings. The van der Waals surface area contributed by atoms with E-state index in [4.69, 9.17) is 104 Å². The van der Waals surface area contributed by atoms with Gasteiger partial charge in [-0.1, -0.05) is 176 Å². The van der Waals surface area contributed by atoms with Crippen LogP contribution in [0.25, 0.3) is 55.6 Å². The number of anilines is 10. The van der Waals surface area contributed by atoms with Crippen molar-refractivity contribution >= 4 is 105 Å². The first-order valence-corrected chi connectivity index (χ1v) is 51.0. The van der Waals surface area contributed by atoms with Crippen molar-refractivity contribution in [3.63, 3.8) is 0 Å². The van der Waals surface area contributed by atoms with Crippen LogP contribution in [0.3, 0.4) is 0 Å². The number of piperidine rings is 5. The molecule has 5 spiro atoms. The molecule has 146 heavy (non-hydrogen) atoms. The van der Waals surface area contributed by atoms with Gasteiger partial charge in [-0.3, -0.25) is 46.8 Å². The average molecular weight is 2110 g/mol. The highest BCUT2D eigenvalue weighted by Gasteiger charge is 2.64. The van der Waals surface area contributed by atoms with Gasteiger partial charge in [0.15, 0.2) is 0 Å². The molecule has 5 saturated heterocycles. The van der Waals surface area contributed by atoms with E-state index in [1.807, 2.05) is 98.5 Å². The minimum Gasteiger partial charge on any atom is -0.383 e. The minimum absolute atomic E-state index is 0.0149. The molecule has 0 unspecified atom stereocenters. The van der Waals surface area contributed by atoms with E-state index in [1.54, 1.807) is 102 Å². The van der Waals surface area contributed by atoms with Gasteiger partial charge in [0.05, 0.1) is 65.9 Å². The van der Waals surface area contributed by atoms with E-state index in [2.05, 4.69) is 29.8 Å². The number of halogens is 13. The average Bonchev–Trinajstić information content (AvgIpc) is 1.54. The maximum Gasteiger partial charge on any atom is 0.391 e. The van der Waals surface area contributed by atoms with Crippen molar-refractivity contribution in [2.75, 3.05) is 119 Å². The molecule has 0 radical (unpaired) electrons. The van der Waals surface area contributed by atoms with E-state index in [0.29, 0.717) is 216 Å². The monoisotopic (exact) mass is 2110 g/mol. The predicted octanol–water partition coefficient (Wildman–Crippen LogP) is 14.9. The van der Waals surface area contributed by atoms with Crippen LogP contribution in [0.4, 0.5) is 98.3 Å². The standard InChI is InChI=1S/C21H25Cl2F2N5O.C21H26F3N5O.C21H27F2N5O.C20H24Cl2FN5O.C20H26FN5O/c1-11-10-20(18(27)21(11,24)25)6-8-30(9-7-20)19-28-16(26)14(17(31)29(19)2)12-4-3-5-13(22)15(12)23;1-28-18(30)16(13-5-3-2-4-6-13)17(26)27-19(28)29-9-7-20(8-10-29)12-14(11-15(20)25)21(22,23)24;1-13-12-20(18(25)21(13,22)23)8-10-28(11-9-20)19-26-16(24)15(17(29)27(19)2)14-6-4-3-5-7-14;1-27-18(29)15(12-3-2-4-13(21)16(12)22)17(25)26-19(27)28-7-5-20(6-8-28)10-11(23)9-14(20)24;1-25-18(27)16(13-5-3-2-4-6-13)17(23)24-19(25)26-9-7-20(8-10-26)12-14(21)11-15(20)22/h3-5,11,18H,6-10,26-27H2,1-2H3;2-6,14-15H,7-12,25-26H2,1H3;3-7,13,18H,8-12,24-25H2,1-2H3;2-4,11,14H,5-10,24-25H2,1H3;2-6,14-15H,7-12,22-23H2,1H3/t11-,18+;14-,15+;13-,18+;11-,14-;14-,15-/m10111/s1. The molecule has 43 heteroatoms. The lowest BCUT2D eigenvalue weighted by molar-refractivity contribution is -0.174. The smallest absolute Gasteiger partial charge is 0.383 e. The van der Waals surface area contributed by atoms with Gasteiger partial charge in [0.1, 0.15) is 41.4 Å². The Morgan fingerprint density at radius 1 is 0.322 bits per heavy atom. The summed E-state index contributed by atoms with van der Waals surface area (Å²) < 4.78 is 132. The van der Waals surface area contributed by atoms with E-state index >= 15 is 0 Å². The molecule has 786 valence electrons. The van der Waals surface area contributed by atoms with Gasteiger partial charge in [0.2, 0.25) is 29.7 Å². The molecule has 0 amide bonds. The number of aromatic nitrogens is 10. The van der Waals surface area contributed by atoms with Gasteiger partial charge in [-0.25, -0.2) is 26.3 Å². The Bertz CT molecular complexity index is 6790. The molecule has 5 aromatic heterocycles. The molecule has 5 aliphatic heterocycles. The fraction of sp³-hybridized carbons (Fsp3) is 0.515. The van der Waals surface area contributed by atoms with Crippen molar-refractivity contribution in [3.8, 4) is 55.6 Å². The molecule has 10 aliphatic rings. The topological polar surface area (TPSA) is 451 Å². The largest absolute Gasteiger partial charge is 0.391 e. The second kappa shape index (κ2) is 41.7. The Labute approximate surface area is 859 Å². The summed E-state index contributed by atoms with van der Waals surface area (Å²) in [6, 6.07) is 34.7. The molecule has 10 atom stereocenters. The minimum atomic E-state index is -4.20. The maximum atomic E-state index is 14.4. The molecule has 20 N–H and O–H groups in total. The lowest BCUT2D eigenvalue weighted by Crippen LogP contribution is -2.53. The summed E-state index contributed by atoms with van der Waals surface area (Å²) in [4.78, 5) is 97.5. The summed E-state index contributed by atoms with van der Waals surface area (Å²) in [5, 5.41) is 1.15. The molecule has 10 heterocycles. The van der Waals surface area contributed by atoms with E-state index in [1.165, 1.54) is 18.3 Å². The number of alkyl halides is 9. The second-order valence-corrected chi connectivity index (χ2v) is 43.4. The molecular weight excluding hydrogens is 1980 g/mol. The van der Waals surface area contributed by atoms with Gasteiger partial charge in [0.25, 0.3) is 39.6 Å². The summed E-state index contributed by atoms with van der Waals surface area (Å²) in [5.74, 6) is -5.43. The highest BCUT2D eigenvalue weighted by molar-refractivity contribution is 6.44. The van der Waals surface area contributed by atoms with Gasteiger partial charge >= 0.3 is 6.18 Å². The van der Waals surface area contributed by atoms with Crippen molar-refractivity contribution in [1.29, 1.82) is 0 Å². The Morgan fingerprint density at radius 3 is 0.781 bits per heavy atom. The molecule has 10 fully saturated rings. The van der Waals surface area contributed by atoms with E-state index in [9.17, 15) is 63.5 Å². The van der Waals surface area contributed by atoms with E-state index in [-0.39, 0.29) is 114 Å². The lowest BCUT2D eigenvalue weighted by Gasteiger charge is -2.43. The zero-order valence-corrected chi connectivity index (χ0v) is 85.7. The number of nitrogen functional groups attached to an aromatic ring is 5. The SMILES string of the molecule is C[C@@H]1CC2(CCN(c3nc(N)c(-c4cccc(Cl)c4Cl)c(=O)n3C)CC2)[C@H](N)C1(F)F.C[C@@H]1CC2(CCN(c3nc(N)c(-c4ccccc4)c(=O)n3C)CC2)[C@H](N)C1(F)F.Cn1c(N2CCC3(CC2)C[C@@H](C(F)(F)F)C[C@H]3N)nc(N)c(-c2ccccc2)c1=O.Cn1c(N2CCC3(CC2)C[C@H](F)C[C@H]3N)nc(N)c(-c2cccc(Cl)c2Cl)c1=O.Cn1c(N2CCC3(CC2)C[C@H](F)C[C@H]3N)nc(N)c(-c2ccccc2)c1=O. The van der Waals surface area contributed by atoms with Gasteiger partial charge in [-0.15, -0.1) is 0 Å². The van der Waals surface area contributed by atoms with Crippen molar-refractivity contribution in [2.24, 2.45) is 109 Å². The van der Waals surface area contributed by atoms with Crippen molar-refractivity contribution in [2.45, 2.75) is 190 Å². The summed E-state index contributed by atoms with van der Waals surface area (Å²) in [6.07, 6.45) is 3.35. The number of benzene rings is 5. The molecule has 30 nitrogen and oxygen atoms in total. The predicted molar refractivity (Wildman–Crippen MR) is 560 cm³/mol. The van der Waals surface area contributed by atoms with Crippen LogP contribution in [0, 0.1) is 44.8 Å². The summed E-state index contributed by atoms with van der Waals surface area (Å²) in [6.45, 7) is 8.78. The first kappa shape index (κ1) is 108.